The van der Waals surface area contributed by atoms with Crippen molar-refractivity contribution in [2.75, 3.05) is 31.8 Å². The van der Waals surface area contributed by atoms with Gasteiger partial charge in [-0.25, -0.2) is 8.42 Å². The zero-order valence-electron chi connectivity index (χ0n) is 16.3. The maximum absolute atomic E-state index is 13.0. The SMILES string of the molecule is COc1cc(C(=O)NC(C)c2ccc(Cl)cc2)c(N(C)S(C)(=O)=O)cc1OC. The van der Waals surface area contributed by atoms with E-state index in [1.165, 1.54) is 33.4 Å². The van der Waals surface area contributed by atoms with E-state index in [9.17, 15) is 13.2 Å². The van der Waals surface area contributed by atoms with Gasteiger partial charge in [-0.3, -0.25) is 9.10 Å². The molecule has 7 nitrogen and oxygen atoms in total. The van der Waals surface area contributed by atoms with Crippen molar-refractivity contribution in [1.82, 2.24) is 5.32 Å². The molecule has 28 heavy (non-hydrogen) atoms. The van der Waals surface area contributed by atoms with Crippen LogP contribution >= 0.6 is 11.6 Å². The first-order chi connectivity index (χ1) is 13.1. The summed E-state index contributed by atoms with van der Waals surface area (Å²) in [6.45, 7) is 1.82. The average Bonchev–Trinajstić information content (AvgIpc) is 2.65. The maximum atomic E-state index is 13.0. The van der Waals surface area contributed by atoms with Crippen molar-refractivity contribution in [2.24, 2.45) is 0 Å². The summed E-state index contributed by atoms with van der Waals surface area (Å²) in [4.78, 5) is 13.0. The molecular formula is C19H23ClN2O5S. The molecule has 1 unspecified atom stereocenters. The van der Waals surface area contributed by atoms with Crippen LogP contribution in [-0.2, 0) is 10.0 Å². The smallest absolute Gasteiger partial charge is 0.254 e. The number of nitrogens with zero attached hydrogens (tertiary/aromatic N) is 1. The van der Waals surface area contributed by atoms with Gasteiger partial charge in [-0.1, -0.05) is 23.7 Å². The van der Waals surface area contributed by atoms with Crippen molar-refractivity contribution in [3.05, 3.63) is 52.5 Å². The number of ether oxygens (including phenoxy) is 2. The summed E-state index contributed by atoms with van der Waals surface area (Å²) < 4.78 is 35.6. The van der Waals surface area contributed by atoms with Crippen molar-refractivity contribution >= 4 is 33.2 Å². The summed E-state index contributed by atoms with van der Waals surface area (Å²) >= 11 is 5.90. The largest absolute Gasteiger partial charge is 0.493 e. The molecule has 0 aliphatic carbocycles. The van der Waals surface area contributed by atoms with Crippen molar-refractivity contribution in [3.8, 4) is 11.5 Å². The van der Waals surface area contributed by atoms with Gasteiger partial charge in [0.05, 0.1) is 37.8 Å². The second-order valence-electron chi connectivity index (χ2n) is 6.20. The lowest BCUT2D eigenvalue weighted by Crippen LogP contribution is -2.31. The van der Waals surface area contributed by atoms with Gasteiger partial charge in [0, 0.05) is 18.1 Å². The Morgan fingerprint density at radius 1 is 1.11 bits per heavy atom. The van der Waals surface area contributed by atoms with Crippen molar-refractivity contribution in [3.63, 3.8) is 0 Å². The molecule has 1 atom stereocenters. The molecule has 0 bridgehead atoms. The van der Waals surface area contributed by atoms with E-state index in [1.807, 2.05) is 19.1 Å². The van der Waals surface area contributed by atoms with Crippen molar-refractivity contribution < 1.29 is 22.7 Å². The number of methoxy groups -OCH3 is 2. The predicted octanol–water partition coefficient (Wildman–Crippen LogP) is 3.24. The zero-order valence-corrected chi connectivity index (χ0v) is 17.9. The van der Waals surface area contributed by atoms with Gasteiger partial charge in [-0.15, -0.1) is 0 Å². The van der Waals surface area contributed by atoms with Gasteiger partial charge in [0.2, 0.25) is 10.0 Å². The number of hydrogen-bond donors (Lipinski definition) is 1. The molecule has 2 rings (SSSR count). The number of rotatable bonds is 7. The molecule has 9 heteroatoms. The van der Waals surface area contributed by atoms with E-state index in [4.69, 9.17) is 21.1 Å². The van der Waals surface area contributed by atoms with Crippen LogP contribution in [-0.4, -0.2) is 41.8 Å². The molecule has 0 radical (unpaired) electrons. The lowest BCUT2D eigenvalue weighted by Gasteiger charge is -2.23. The number of sulfonamides is 1. The number of carbonyl (C=O) groups is 1. The van der Waals surface area contributed by atoms with E-state index in [0.717, 1.165) is 16.1 Å². The summed E-state index contributed by atoms with van der Waals surface area (Å²) in [5.41, 5.74) is 1.18. The zero-order chi connectivity index (χ0) is 21.1. The number of benzene rings is 2. The van der Waals surface area contributed by atoms with Crippen LogP contribution in [0.25, 0.3) is 0 Å². The monoisotopic (exact) mass is 426 g/mol. The van der Waals surface area contributed by atoms with E-state index in [1.54, 1.807) is 12.1 Å². The Bertz CT molecular complexity index is 961. The molecule has 0 saturated carbocycles. The van der Waals surface area contributed by atoms with Crippen LogP contribution < -0.4 is 19.1 Å². The number of halogens is 1. The van der Waals surface area contributed by atoms with Crippen molar-refractivity contribution in [1.29, 1.82) is 0 Å². The Balaban J connectivity index is 2.46. The van der Waals surface area contributed by atoms with Crippen LogP contribution in [0.4, 0.5) is 5.69 Å². The van der Waals surface area contributed by atoms with E-state index >= 15 is 0 Å². The Morgan fingerprint density at radius 3 is 2.14 bits per heavy atom. The maximum Gasteiger partial charge on any atom is 0.254 e. The molecule has 0 aliphatic heterocycles. The van der Waals surface area contributed by atoms with Gasteiger partial charge in [-0.05, 0) is 30.7 Å². The normalized spacial score (nSPS) is 12.2. The standard InChI is InChI=1S/C19H23ClN2O5S/c1-12(13-6-8-14(20)9-7-13)21-19(23)15-10-17(26-3)18(27-4)11-16(15)22(2)28(5,24)25/h6-12H,1-5H3,(H,21,23). The van der Waals surface area contributed by atoms with Crippen LogP contribution in [0.2, 0.25) is 5.02 Å². The van der Waals surface area contributed by atoms with Gasteiger partial charge in [0.1, 0.15) is 0 Å². The van der Waals surface area contributed by atoms with Gasteiger partial charge in [-0.2, -0.15) is 0 Å². The lowest BCUT2D eigenvalue weighted by atomic mass is 10.1. The number of nitrogens with one attached hydrogen (secondary N) is 1. The molecule has 0 spiro atoms. The third-order valence-electron chi connectivity index (χ3n) is 4.30. The van der Waals surface area contributed by atoms with Gasteiger partial charge in [0.25, 0.3) is 5.91 Å². The first-order valence-electron chi connectivity index (χ1n) is 8.34. The third-order valence-corrected chi connectivity index (χ3v) is 5.74. The minimum Gasteiger partial charge on any atom is -0.493 e. The van der Waals surface area contributed by atoms with Crippen LogP contribution in [0.3, 0.4) is 0 Å². The molecule has 0 aromatic heterocycles. The minimum absolute atomic E-state index is 0.145. The predicted molar refractivity (Wildman–Crippen MR) is 110 cm³/mol. The molecule has 2 aromatic carbocycles. The highest BCUT2D eigenvalue weighted by atomic mass is 35.5. The van der Waals surface area contributed by atoms with Gasteiger partial charge >= 0.3 is 0 Å². The first kappa shape index (κ1) is 21.8. The number of anilines is 1. The van der Waals surface area contributed by atoms with Crippen LogP contribution in [0, 0.1) is 0 Å². The molecule has 0 heterocycles. The Morgan fingerprint density at radius 2 is 1.64 bits per heavy atom. The average molecular weight is 427 g/mol. The molecule has 0 fully saturated rings. The van der Waals surface area contributed by atoms with E-state index < -0.39 is 15.9 Å². The third kappa shape index (κ3) is 4.88. The Labute approximate surface area is 170 Å². The summed E-state index contributed by atoms with van der Waals surface area (Å²) in [6.07, 6.45) is 1.06. The highest BCUT2D eigenvalue weighted by Crippen LogP contribution is 2.36. The van der Waals surface area contributed by atoms with E-state index in [2.05, 4.69) is 5.32 Å². The summed E-state index contributed by atoms with van der Waals surface area (Å²) in [7, 11) is 0.647. The second kappa shape index (κ2) is 8.70. The second-order valence-corrected chi connectivity index (χ2v) is 8.65. The summed E-state index contributed by atoms with van der Waals surface area (Å²) in [5, 5.41) is 3.46. The molecule has 152 valence electrons. The summed E-state index contributed by atoms with van der Waals surface area (Å²) in [6, 6.07) is 9.69. The Hall–Kier alpha value is -2.45. The van der Waals surface area contributed by atoms with Crippen LogP contribution in [0.15, 0.2) is 36.4 Å². The lowest BCUT2D eigenvalue weighted by molar-refractivity contribution is 0.0940. The number of carbonyl (C=O) groups excluding carboxylic acids is 1. The highest BCUT2D eigenvalue weighted by molar-refractivity contribution is 7.92. The molecule has 0 aliphatic rings. The molecular weight excluding hydrogens is 404 g/mol. The van der Waals surface area contributed by atoms with Gasteiger partial charge in [0.15, 0.2) is 11.5 Å². The molecule has 1 N–H and O–H groups in total. The fourth-order valence-corrected chi connectivity index (χ4v) is 3.23. The minimum atomic E-state index is -3.60. The first-order valence-corrected chi connectivity index (χ1v) is 10.6. The fourth-order valence-electron chi connectivity index (χ4n) is 2.60. The quantitative estimate of drug-likeness (QED) is 0.734. The molecule has 1 amide bonds. The van der Waals surface area contributed by atoms with Crippen molar-refractivity contribution in [2.45, 2.75) is 13.0 Å². The summed E-state index contributed by atoms with van der Waals surface area (Å²) in [5.74, 6) is 0.182. The number of amides is 1. The topological polar surface area (TPSA) is 84.9 Å². The van der Waals surface area contributed by atoms with Gasteiger partial charge < -0.3 is 14.8 Å². The number of hydrogen-bond acceptors (Lipinski definition) is 5. The molecule has 2 aromatic rings. The Kier molecular flexibility index (Phi) is 6.79. The molecule has 0 saturated heterocycles. The van der Waals surface area contributed by atoms with Crippen LogP contribution in [0.5, 0.6) is 11.5 Å². The van der Waals surface area contributed by atoms with E-state index in [-0.39, 0.29) is 17.3 Å². The van der Waals surface area contributed by atoms with E-state index in [0.29, 0.717) is 16.5 Å². The fraction of sp³-hybridized carbons (Fsp3) is 0.316. The van der Waals surface area contributed by atoms with Crippen LogP contribution in [0.1, 0.15) is 28.9 Å². The highest BCUT2D eigenvalue weighted by Gasteiger charge is 2.24.